The lowest BCUT2D eigenvalue weighted by molar-refractivity contribution is 0.667. The van der Waals surface area contributed by atoms with E-state index >= 15 is 0 Å². The molecule has 3 aromatic carbocycles. The predicted octanol–water partition coefficient (Wildman–Crippen LogP) is 6.97. The highest BCUT2D eigenvalue weighted by atomic mass is 14.3. The first kappa shape index (κ1) is 16.1. The van der Waals surface area contributed by atoms with E-state index in [-0.39, 0.29) is 0 Å². The summed E-state index contributed by atoms with van der Waals surface area (Å²) in [5.41, 5.74) is 8.56. The Morgan fingerprint density at radius 3 is 1.84 bits per heavy atom. The molecule has 0 spiro atoms. The van der Waals surface area contributed by atoms with Crippen molar-refractivity contribution in [1.29, 1.82) is 0 Å². The molecule has 126 valence electrons. The average Bonchev–Trinajstić information content (AvgIpc) is 3.00. The van der Waals surface area contributed by atoms with Crippen molar-refractivity contribution in [2.24, 2.45) is 0 Å². The van der Waals surface area contributed by atoms with E-state index in [1.165, 1.54) is 65.5 Å². The summed E-state index contributed by atoms with van der Waals surface area (Å²) in [6.45, 7) is 2.27. The molecule has 0 heteroatoms. The van der Waals surface area contributed by atoms with E-state index < -0.39 is 0 Å². The summed E-state index contributed by atoms with van der Waals surface area (Å²) in [6.07, 6.45) is 6.52. The number of rotatable bonds is 6. The van der Waals surface area contributed by atoms with Gasteiger partial charge in [0, 0.05) is 5.92 Å². The molecule has 3 aromatic rings. The predicted molar refractivity (Wildman–Crippen MR) is 107 cm³/mol. The van der Waals surface area contributed by atoms with Crippen LogP contribution in [0.3, 0.4) is 0 Å². The largest absolute Gasteiger partial charge is 0.0654 e. The summed E-state index contributed by atoms with van der Waals surface area (Å²) >= 11 is 0. The Balaban J connectivity index is 1.61. The minimum absolute atomic E-state index is 0.376. The Hall–Kier alpha value is -2.34. The van der Waals surface area contributed by atoms with Crippen LogP contribution in [0.1, 0.15) is 60.8 Å². The van der Waals surface area contributed by atoms with Crippen molar-refractivity contribution in [2.75, 3.05) is 0 Å². The van der Waals surface area contributed by atoms with Gasteiger partial charge in [0.2, 0.25) is 0 Å². The minimum atomic E-state index is 0.376. The van der Waals surface area contributed by atoms with Crippen LogP contribution < -0.4 is 0 Å². The molecule has 0 aromatic heterocycles. The van der Waals surface area contributed by atoms with Crippen molar-refractivity contribution < 1.29 is 0 Å². The molecule has 0 N–H and O–H groups in total. The molecule has 0 heterocycles. The van der Waals surface area contributed by atoms with Gasteiger partial charge in [-0.3, -0.25) is 0 Å². The van der Waals surface area contributed by atoms with Crippen LogP contribution >= 0.6 is 0 Å². The zero-order valence-electron chi connectivity index (χ0n) is 15.0. The van der Waals surface area contributed by atoms with E-state index in [0.29, 0.717) is 5.92 Å². The molecule has 0 saturated carbocycles. The molecule has 1 aliphatic carbocycles. The number of benzene rings is 3. The van der Waals surface area contributed by atoms with Gasteiger partial charge in [-0.25, -0.2) is 0 Å². The second kappa shape index (κ2) is 7.27. The third-order valence-corrected chi connectivity index (χ3v) is 5.47. The highest BCUT2D eigenvalue weighted by Crippen LogP contribution is 2.47. The third-order valence-electron chi connectivity index (χ3n) is 5.47. The molecule has 0 radical (unpaired) electrons. The van der Waals surface area contributed by atoms with Gasteiger partial charge in [-0.1, -0.05) is 99.0 Å². The molecular weight excluding hydrogens is 300 g/mol. The number of hydrogen-bond acceptors (Lipinski definition) is 0. The molecule has 0 atom stereocenters. The fourth-order valence-corrected chi connectivity index (χ4v) is 4.15. The van der Waals surface area contributed by atoms with E-state index in [2.05, 4.69) is 79.7 Å². The van der Waals surface area contributed by atoms with E-state index in [1.54, 1.807) is 0 Å². The standard InChI is InChI=1S/C25H26/c1-2-3-4-5-10-19-15-17-20(18-16-19)25-23-13-8-6-11-21(23)22-12-7-9-14-24(22)25/h6-9,11-18,25H,2-5,10H2,1H3. The lowest BCUT2D eigenvalue weighted by Gasteiger charge is -2.15. The van der Waals surface area contributed by atoms with E-state index in [9.17, 15) is 0 Å². The minimum Gasteiger partial charge on any atom is -0.0654 e. The van der Waals surface area contributed by atoms with Gasteiger partial charge in [0.05, 0.1) is 0 Å². The summed E-state index contributed by atoms with van der Waals surface area (Å²) in [5, 5.41) is 0. The van der Waals surface area contributed by atoms with Gasteiger partial charge in [0.25, 0.3) is 0 Å². The van der Waals surface area contributed by atoms with E-state index in [0.717, 1.165) is 0 Å². The Morgan fingerprint density at radius 1 is 0.640 bits per heavy atom. The molecule has 0 fully saturated rings. The van der Waals surface area contributed by atoms with Gasteiger partial charge in [-0.05, 0) is 46.2 Å². The summed E-state index contributed by atoms with van der Waals surface area (Å²) in [5.74, 6) is 0.376. The van der Waals surface area contributed by atoms with Crippen LogP contribution in [-0.2, 0) is 6.42 Å². The molecule has 0 saturated heterocycles. The monoisotopic (exact) mass is 326 g/mol. The molecule has 0 nitrogen and oxygen atoms in total. The number of unbranched alkanes of at least 4 members (excludes halogenated alkanes) is 3. The van der Waals surface area contributed by atoms with Crippen LogP contribution in [0.4, 0.5) is 0 Å². The molecule has 0 unspecified atom stereocenters. The fraction of sp³-hybridized carbons (Fsp3) is 0.280. The summed E-state index contributed by atoms with van der Waals surface area (Å²) in [7, 11) is 0. The first-order chi connectivity index (χ1) is 12.4. The lowest BCUT2D eigenvalue weighted by atomic mass is 9.88. The highest BCUT2D eigenvalue weighted by molar-refractivity contribution is 5.80. The van der Waals surface area contributed by atoms with Crippen LogP contribution in [0, 0.1) is 0 Å². The van der Waals surface area contributed by atoms with Gasteiger partial charge in [-0.15, -0.1) is 0 Å². The van der Waals surface area contributed by atoms with Crippen LogP contribution in [0.15, 0.2) is 72.8 Å². The Kier molecular flexibility index (Phi) is 4.70. The maximum Gasteiger partial charge on any atom is 0.0352 e. The molecule has 4 rings (SSSR count). The van der Waals surface area contributed by atoms with Gasteiger partial charge in [-0.2, -0.15) is 0 Å². The fourth-order valence-electron chi connectivity index (χ4n) is 4.15. The number of fused-ring (bicyclic) bond motifs is 3. The molecular formula is C25H26. The van der Waals surface area contributed by atoms with E-state index in [4.69, 9.17) is 0 Å². The molecule has 0 aliphatic heterocycles. The molecule has 0 amide bonds. The first-order valence-corrected chi connectivity index (χ1v) is 9.65. The van der Waals surface area contributed by atoms with Crippen LogP contribution in [0.2, 0.25) is 0 Å². The van der Waals surface area contributed by atoms with Crippen molar-refractivity contribution in [3.63, 3.8) is 0 Å². The molecule has 25 heavy (non-hydrogen) atoms. The number of aryl methyl sites for hydroxylation is 1. The quantitative estimate of drug-likeness (QED) is 0.336. The van der Waals surface area contributed by atoms with Crippen molar-refractivity contribution >= 4 is 0 Å². The smallest absolute Gasteiger partial charge is 0.0352 e. The average molecular weight is 326 g/mol. The number of hydrogen-bond donors (Lipinski definition) is 0. The highest BCUT2D eigenvalue weighted by Gasteiger charge is 2.28. The van der Waals surface area contributed by atoms with Crippen LogP contribution in [0.25, 0.3) is 11.1 Å². The van der Waals surface area contributed by atoms with Crippen molar-refractivity contribution in [3.05, 3.63) is 95.1 Å². The second-order valence-electron chi connectivity index (χ2n) is 7.16. The van der Waals surface area contributed by atoms with Gasteiger partial charge < -0.3 is 0 Å². The molecule has 0 bridgehead atoms. The summed E-state index contributed by atoms with van der Waals surface area (Å²) in [4.78, 5) is 0. The topological polar surface area (TPSA) is 0 Å². The van der Waals surface area contributed by atoms with Crippen LogP contribution in [-0.4, -0.2) is 0 Å². The Labute approximate surface area is 151 Å². The zero-order valence-corrected chi connectivity index (χ0v) is 15.0. The molecule has 1 aliphatic rings. The van der Waals surface area contributed by atoms with Crippen molar-refractivity contribution in [3.8, 4) is 11.1 Å². The van der Waals surface area contributed by atoms with Crippen molar-refractivity contribution in [1.82, 2.24) is 0 Å². The van der Waals surface area contributed by atoms with Gasteiger partial charge in [0.1, 0.15) is 0 Å². The maximum atomic E-state index is 2.35. The van der Waals surface area contributed by atoms with Gasteiger partial charge >= 0.3 is 0 Å². The summed E-state index contributed by atoms with van der Waals surface area (Å²) < 4.78 is 0. The Morgan fingerprint density at radius 2 is 1.24 bits per heavy atom. The second-order valence-corrected chi connectivity index (χ2v) is 7.16. The van der Waals surface area contributed by atoms with E-state index in [1.807, 2.05) is 0 Å². The Bertz CT molecular complexity index is 796. The first-order valence-electron chi connectivity index (χ1n) is 9.65. The van der Waals surface area contributed by atoms with Gasteiger partial charge in [0.15, 0.2) is 0 Å². The lowest BCUT2D eigenvalue weighted by Crippen LogP contribution is -1.99. The van der Waals surface area contributed by atoms with Crippen molar-refractivity contribution in [2.45, 2.75) is 44.9 Å². The van der Waals surface area contributed by atoms with Crippen LogP contribution in [0.5, 0.6) is 0 Å². The zero-order chi connectivity index (χ0) is 17.1. The SMILES string of the molecule is CCCCCCc1ccc(C2c3ccccc3-c3ccccc32)cc1. The normalized spacial score (nSPS) is 12.8. The summed E-state index contributed by atoms with van der Waals surface area (Å²) in [6, 6.07) is 27.1. The maximum absolute atomic E-state index is 2.35. The third kappa shape index (κ3) is 3.14.